The van der Waals surface area contributed by atoms with Crippen molar-refractivity contribution < 1.29 is 14.7 Å². The number of hydrogen-bond donors (Lipinski definition) is 2. The van der Waals surface area contributed by atoms with Gasteiger partial charge in [-0.1, -0.05) is 0 Å². The predicted molar refractivity (Wildman–Crippen MR) is 139 cm³/mol. The summed E-state index contributed by atoms with van der Waals surface area (Å²) < 4.78 is 1.85. The van der Waals surface area contributed by atoms with Crippen molar-refractivity contribution >= 4 is 69.7 Å². The second kappa shape index (κ2) is 9.08. The van der Waals surface area contributed by atoms with Crippen LogP contribution in [0.25, 0.3) is 20.4 Å². The summed E-state index contributed by atoms with van der Waals surface area (Å²) in [5, 5.41) is 16.2. The zero-order chi connectivity index (χ0) is 24.0. The first-order valence-corrected chi connectivity index (χ1v) is 13.2. The summed E-state index contributed by atoms with van der Waals surface area (Å²) in [6.07, 6.45) is 0. The number of carbonyl (C=O) groups excluding carboxylic acids is 2. The molecule has 2 heterocycles. The summed E-state index contributed by atoms with van der Waals surface area (Å²) in [7, 11) is 3.69. The Morgan fingerprint density at radius 3 is 2.65 bits per heavy atom. The SMILES string of the molecule is CN(C)CC(=O)Nc1ccc2[se]c(C(=O)N3C[C@@H](CCl)c4c3cc(O)c3ccccc43)cc2c1. The van der Waals surface area contributed by atoms with Gasteiger partial charge >= 0.3 is 209 Å². The first-order chi connectivity index (χ1) is 16.4. The average Bonchev–Trinajstić information content (AvgIpc) is 3.39. The summed E-state index contributed by atoms with van der Waals surface area (Å²) >= 11 is 6.18. The molecule has 2 amide bonds. The van der Waals surface area contributed by atoms with Gasteiger partial charge in [0.25, 0.3) is 0 Å². The number of rotatable bonds is 5. The van der Waals surface area contributed by atoms with Crippen molar-refractivity contribution in [1.29, 1.82) is 0 Å². The van der Waals surface area contributed by atoms with Gasteiger partial charge in [-0.15, -0.1) is 0 Å². The van der Waals surface area contributed by atoms with Crippen molar-refractivity contribution in [2.75, 3.05) is 43.3 Å². The Morgan fingerprint density at radius 1 is 1.15 bits per heavy atom. The summed E-state index contributed by atoms with van der Waals surface area (Å²) in [6.45, 7) is 0.791. The second-order valence-electron chi connectivity index (χ2n) is 8.79. The van der Waals surface area contributed by atoms with Gasteiger partial charge in [0.05, 0.1) is 0 Å². The minimum atomic E-state index is -0.142. The Morgan fingerprint density at radius 2 is 1.91 bits per heavy atom. The summed E-state index contributed by atoms with van der Waals surface area (Å²) in [6, 6.07) is 17.1. The number of anilines is 2. The molecule has 0 aliphatic carbocycles. The van der Waals surface area contributed by atoms with Gasteiger partial charge in [-0.2, -0.15) is 0 Å². The van der Waals surface area contributed by atoms with Crippen LogP contribution in [0.15, 0.2) is 54.6 Å². The fourth-order valence-electron chi connectivity index (χ4n) is 4.59. The number of halogens is 1. The number of amides is 2. The molecule has 6 nitrogen and oxygen atoms in total. The van der Waals surface area contributed by atoms with Gasteiger partial charge in [-0.3, -0.25) is 0 Å². The van der Waals surface area contributed by atoms with Crippen LogP contribution in [-0.4, -0.2) is 69.4 Å². The number of nitrogens with one attached hydrogen (secondary N) is 1. The third kappa shape index (κ3) is 4.10. The van der Waals surface area contributed by atoms with Crippen LogP contribution in [0.4, 0.5) is 11.4 Å². The molecule has 8 heteroatoms. The fourth-order valence-corrected chi connectivity index (χ4v) is 6.93. The van der Waals surface area contributed by atoms with E-state index >= 15 is 0 Å². The molecule has 0 spiro atoms. The number of hydrogen-bond acceptors (Lipinski definition) is 4. The third-order valence-electron chi connectivity index (χ3n) is 6.05. The number of aromatic hydroxyl groups is 1. The third-order valence-corrected chi connectivity index (χ3v) is 8.74. The maximum atomic E-state index is 13.6. The number of fused-ring (bicyclic) bond motifs is 4. The van der Waals surface area contributed by atoms with Gasteiger partial charge in [0.2, 0.25) is 0 Å². The van der Waals surface area contributed by atoms with E-state index in [9.17, 15) is 14.7 Å². The number of nitrogens with zero attached hydrogens (tertiary/aromatic N) is 2. The molecule has 0 unspecified atom stereocenters. The minimum absolute atomic E-state index is 0.00140. The fraction of sp³-hybridized carbons (Fsp3) is 0.231. The molecule has 1 aliphatic heterocycles. The van der Waals surface area contributed by atoms with Crippen molar-refractivity contribution in [2.45, 2.75) is 5.92 Å². The molecule has 0 radical (unpaired) electrons. The van der Waals surface area contributed by atoms with E-state index < -0.39 is 0 Å². The summed E-state index contributed by atoms with van der Waals surface area (Å²) in [5.74, 6) is 0.419. The number of carbonyl (C=O) groups is 2. The normalized spacial score (nSPS) is 15.3. The molecule has 174 valence electrons. The van der Waals surface area contributed by atoms with E-state index in [1.807, 2.05) is 67.5 Å². The van der Waals surface area contributed by atoms with E-state index in [1.165, 1.54) is 0 Å². The number of phenolic OH excluding ortho intramolecular Hbond substituents is 1. The molecule has 4 aromatic rings. The first kappa shape index (κ1) is 22.9. The van der Waals surface area contributed by atoms with E-state index in [-0.39, 0.29) is 38.0 Å². The number of benzene rings is 3. The second-order valence-corrected chi connectivity index (χ2v) is 11.4. The molecule has 0 saturated heterocycles. The van der Waals surface area contributed by atoms with Crippen LogP contribution < -0.4 is 10.2 Å². The van der Waals surface area contributed by atoms with Gasteiger partial charge in [-0.05, 0) is 0 Å². The van der Waals surface area contributed by atoms with Gasteiger partial charge in [0.1, 0.15) is 0 Å². The topological polar surface area (TPSA) is 72.9 Å². The van der Waals surface area contributed by atoms with Gasteiger partial charge < -0.3 is 0 Å². The Balaban J connectivity index is 1.48. The van der Waals surface area contributed by atoms with E-state index in [0.717, 1.165) is 41.8 Å². The molecule has 1 atom stereocenters. The summed E-state index contributed by atoms with van der Waals surface area (Å²) in [4.78, 5) is 29.3. The number of likely N-dealkylation sites (N-methyl/N-ethyl adjacent to an activating group) is 1. The molecule has 0 bridgehead atoms. The van der Waals surface area contributed by atoms with Crippen LogP contribution >= 0.6 is 11.6 Å². The molecule has 1 aromatic heterocycles. The van der Waals surface area contributed by atoms with Gasteiger partial charge in [0, 0.05) is 0 Å². The molecule has 1 aliphatic rings. The van der Waals surface area contributed by atoms with Crippen LogP contribution in [-0.2, 0) is 4.79 Å². The zero-order valence-corrected chi connectivity index (χ0v) is 21.3. The molecular weight excluding hydrogens is 517 g/mol. The van der Waals surface area contributed by atoms with Crippen molar-refractivity contribution in [3.8, 4) is 5.75 Å². The molecule has 0 fully saturated rings. The maximum absolute atomic E-state index is 13.6. The van der Waals surface area contributed by atoms with E-state index in [2.05, 4.69) is 5.32 Å². The molecule has 3 aromatic carbocycles. The molecule has 34 heavy (non-hydrogen) atoms. The molecule has 0 saturated carbocycles. The Hall–Kier alpha value is -2.83. The monoisotopic (exact) mass is 541 g/mol. The average molecular weight is 541 g/mol. The Bertz CT molecular complexity index is 1430. The van der Waals surface area contributed by atoms with Crippen molar-refractivity contribution in [3.05, 3.63) is 64.6 Å². The van der Waals surface area contributed by atoms with E-state index in [4.69, 9.17) is 11.6 Å². The van der Waals surface area contributed by atoms with Crippen LogP contribution in [0.5, 0.6) is 5.75 Å². The van der Waals surface area contributed by atoms with Crippen LogP contribution in [0, 0.1) is 0 Å². The Labute approximate surface area is 208 Å². The zero-order valence-electron chi connectivity index (χ0n) is 18.8. The molecular formula is C26H24ClN3O3Se. The van der Waals surface area contributed by atoms with Crippen LogP contribution in [0.1, 0.15) is 20.7 Å². The number of phenols is 1. The summed E-state index contributed by atoms with van der Waals surface area (Å²) in [5.41, 5.74) is 2.47. The van der Waals surface area contributed by atoms with Gasteiger partial charge in [0.15, 0.2) is 0 Å². The van der Waals surface area contributed by atoms with Crippen molar-refractivity contribution in [2.24, 2.45) is 0 Å². The molecule has 5 rings (SSSR count). The molecule has 2 N–H and O–H groups in total. The quantitative estimate of drug-likeness (QED) is 0.293. The van der Waals surface area contributed by atoms with Crippen molar-refractivity contribution in [1.82, 2.24) is 4.90 Å². The number of alkyl halides is 1. The van der Waals surface area contributed by atoms with Gasteiger partial charge in [-0.25, -0.2) is 0 Å². The predicted octanol–water partition coefficient (Wildman–Crippen LogP) is 4.24. The van der Waals surface area contributed by atoms with Crippen LogP contribution in [0.2, 0.25) is 0 Å². The Kier molecular flexibility index (Phi) is 6.13. The van der Waals surface area contributed by atoms with Crippen LogP contribution in [0.3, 0.4) is 0 Å². The standard InChI is InChI=1S/C26H24ClN3O3Se/c1-29(2)14-24(32)28-17-7-8-22-15(9-17)10-23(34-22)26(33)30-13-16(12-27)25-19-6-4-3-5-18(19)21(31)11-20(25)30/h3-11,16,31H,12-14H2,1-2H3,(H,28,32)/t16-/m1/s1. The first-order valence-electron chi connectivity index (χ1n) is 11.0. The van der Waals surface area contributed by atoms with E-state index in [1.54, 1.807) is 11.0 Å². The van der Waals surface area contributed by atoms with E-state index in [0.29, 0.717) is 19.0 Å². The van der Waals surface area contributed by atoms with Crippen molar-refractivity contribution in [3.63, 3.8) is 0 Å².